The fourth-order valence-electron chi connectivity index (χ4n) is 1.37. The van der Waals surface area contributed by atoms with Gasteiger partial charge in [0.25, 0.3) is 0 Å². The largest absolute Gasteiger partial charge is 0.395 e. The Bertz CT molecular complexity index is 354. The molecule has 0 unspecified atom stereocenters. The van der Waals surface area contributed by atoms with Gasteiger partial charge in [-0.1, -0.05) is 0 Å². The van der Waals surface area contributed by atoms with Gasteiger partial charge in [0.1, 0.15) is 5.82 Å². The number of nitrogens with zero attached hydrogens (tertiary/aromatic N) is 2. The SMILES string of the molecule is O=Cc1c(I)ccnc1N(CCO)CCO. The molecule has 5 nitrogen and oxygen atoms in total. The molecule has 0 saturated heterocycles. The fourth-order valence-corrected chi connectivity index (χ4v) is 1.89. The molecule has 0 bridgehead atoms. The molecular weight excluding hydrogens is 323 g/mol. The maximum absolute atomic E-state index is 11.0. The zero-order valence-corrected chi connectivity index (χ0v) is 10.8. The summed E-state index contributed by atoms with van der Waals surface area (Å²) in [5.74, 6) is 0.505. The predicted molar refractivity (Wildman–Crippen MR) is 68.7 cm³/mol. The lowest BCUT2D eigenvalue weighted by Gasteiger charge is -2.23. The Hall–Kier alpha value is -0.730. The van der Waals surface area contributed by atoms with Crippen molar-refractivity contribution >= 4 is 34.7 Å². The van der Waals surface area contributed by atoms with Crippen LogP contribution in [0.4, 0.5) is 5.82 Å². The molecule has 0 atom stereocenters. The Morgan fingerprint density at radius 3 is 2.50 bits per heavy atom. The second kappa shape index (κ2) is 6.77. The summed E-state index contributed by atoms with van der Waals surface area (Å²) in [6, 6.07) is 1.74. The van der Waals surface area contributed by atoms with E-state index in [2.05, 4.69) is 27.6 Å². The summed E-state index contributed by atoms with van der Waals surface area (Å²) in [4.78, 5) is 16.8. The van der Waals surface area contributed by atoms with Crippen molar-refractivity contribution in [3.63, 3.8) is 0 Å². The van der Waals surface area contributed by atoms with Gasteiger partial charge in [0.2, 0.25) is 0 Å². The van der Waals surface area contributed by atoms with E-state index < -0.39 is 0 Å². The average Bonchev–Trinajstić information content (AvgIpc) is 2.28. The molecule has 1 rings (SSSR count). The Morgan fingerprint density at radius 2 is 2.00 bits per heavy atom. The quantitative estimate of drug-likeness (QED) is 0.577. The maximum atomic E-state index is 11.0. The molecule has 0 fully saturated rings. The minimum Gasteiger partial charge on any atom is -0.395 e. The van der Waals surface area contributed by atoms with E-state index in [9.17, 15) is 4.79 Å². The summed E-state index contributed by atoms with van der Waals surface area (Å²) in [6.07, 6.45) is 2.34. The Kier molecular flexibility index (Phi) is 5.64. The van der Waals surface area contributed by atoms with Crippen LogP contribution in [0.25, 0.3) is 0 Å². The van der Waals surface area contributed by atoms with E-state index in [0.717, 1.165) is 9.86 Å². The van der Waals surface area contributed by atoms with Crippen LogP contribution in [-0.4, -0.2) is 47.8 Å². The van der Waals surface area contributed by atoms with E-state index in [0.29, 0.717) is 24.5 Å². The van der Waals surface area contributed by atoms with Crippen LogP contribution in [0.15, 0.2) is 12.3 Å². The van der Waals surface area contributed by atoms with E-state index in [4.69, 9.17) is 10.2 Å². The van der Waals surface area contributed by atoms with Gasteiger partial charge in [0.15, 0.2) is 6.29 Å². The summed E-state index contributed by atoms with van der Waals surface area (Å²) >= 11 is 2.05. The second-order valence-corrected chi connectivity index (χ2v) is 4.24. The van der Waals surface area contributed by atoms with Crippen LogP contribution in [0.3, 0.4) is 0 Å². The predicted octanol–water partition coefficient (Wildman–Crippen LogP) is 0.290. The molecule has 0 radical (unpaired) electrons. The number of aliphatic hydroxyl groups is 2. The van der Waals surface area contributed by atoms with Crippen LogP contribution in [0.5, 0.6) is 0 Å². The van der Waals surface area contributed by atoms with Crippen LogP contribution in [0, 0.1) is 3.57 Å². The van der Waals surface area contributed by atoms with Crippen molar-refractivity contribution in [3.8, 4) is 0 Å². The van der Waals surface area contributed by atoms with E-state index in [1.807, 2.05) is 0 Å². The third-order valence-electron chi connectivity index (χ3n) is 2.07. The van der Waals surface area contributed by atoms with E-state index >= 15 is 0 Å². The molecule has 0 spiro atoms. The topological polar surface area (TPSA) is 73.7 Å². The third kappa shape index (κ3) is 3.13. The Labute approximate surface area is 107 Å². The number of rotatable bonds is 6. The van der Waals surface area contributed by atoms with Crippen molar-refractivity contribution in [2.24, 2.45) is 0 Å². The standard InChI is InChI=1S/C10H13IN2O3/c11-9-1-2-12-10(8(9)7-16)13(3-5-14)4-6-15/h1-2,7,14-15H,3-6H2. The maximum Gasteiger partial charge on any atom is 0.154 e. The van der Waals surface area contributed by atoms with Gasteiger partial charge >= 0.3 is 0 Å². The number of hydrogen-bond acceptors (Lipinski definition) is 5. The van der Waals surface area contributed by atoms with Gasteiger partial charge in [-0.25, -0.2) is 4.98 Å². The number of halogens is 1. The summed E-state index contributed by atoms with van der Waals surface area (Å²) in [5.41, 5.74) is 0.491. The number of aliphatic hydroxyl groups excluding tert-OH is 2. The molecule has 1 aromatic heterocycles. The highest BCUT2D eigenvalue weighted by Crippen LogP contribution is 2.20. The van der Waals surface area contributed by atoms with Crippen LogP contribution >= 0.6 is 22.6 Å². The highest BCUT2D eigenvalue weighted by molar-refractivity contribution is 14.1. The third-order valence-corrected chi connectivity index (χ3v) is 3.01. The molecule has 16 heavy (non-hydrogen) atoms. The monoisotopic (exact) mass is 336 g/mol. The lowest BCUT2D eigenvalue weighted by molar-refractivity contribution is 0.112. The fraction of sp³-hybridized carbons (Fsp3) is 0.400. The van der Waals surface area contributed by atoms with Crippen molar-refractivity contribution in [1.29, 1.82) is 0 Å². The van der Waals surface area contributed by atoms with Gasteiger partial charge in [-0.3, -0.25) is 4.79 Å². The smallest absolute Gasteiger partial charge is 0.154 e. The zero-order valence-electron chi connectivity index (χ0n) is 8.64. The van der Waals surface area contributed by atoms with Crippen molar-refractivity contribution < 1.29 is 15.0 Å². The van der Waals surface area contributed by atoms with Crippen molar-refractivity contribution in [3.05, 3.63) is 21.4 Å². The first-order valence-electron chi connectivity index (χ1n) is 4.81. The molecule has 0 aromatic carbocycles. The van der Waals surface area contributed by atoms with E-state index in [-0.39, 0.29) is 13.2 Å². The van der Waals surface area contributed by atoms with Gasteiger partial charge in [-0.2, -0.15) is 0 Å². The van der Waals surface area contributed by atoms with Crippen LogP contribution in [0.2, 0.25) is 0 Å². The number of anilines is 1. The van der Waals surface area contributed by atoms with E-state index in [1.165, 1.54) is 0 Å². The van der Waals surface area contributed by atoms with Gasteiger partial charge in [0, 0.05) is 22.9 Å². The minimum absolute atomic E-state index is 0.0501. The number of carbonyl (C=O) groups is 1. The van der Waals surface area contributed by atoms with Crippen molar-refractivity contribution in [2.75, 3.05) is 31.2 Å². The van der Waals surface area contributed by atoms with Crippen molar-refractivity contribution in [2.45, 2.75) is 0 Å². The van der Waals surface area contributed by atoms with Crippen LogP contribution in [-0.2, 0) is 0 Å². The lowest BCUT2D eigenvalue weighted by atomic mass is 10.2. The molecule has 0 aliphatic carbocycles. The molecule has 0 amide bonds. The summed E-state index contributed by atoms with van der Waals surface area (Å²) in [7, 11) is 0. The first-order chi connectivity index (χ1) is 7.74. The Balaban J connectivity index is 3.07. The number of carbonyl (C=O) groups excluding carboxylic acids is 1. The molecule has 6 heteroatoms. The van der Waals surface area contributed by atoms with E-state index in [1.54, 1.807) is 17.2 Å². The highest BCUT2D eigenvalue weighted by Gasteiger charge is 2.13. The molecule has 1 heterocycles. The first kappa shape index (κ1) is 13.3. The van der Waals surface area contributed by atoms with Gasteiger partial charge in [-0.05, 0) is 28.7 Å². The van der Waals surface area contributed by atoms with Crippen LogP contribution < -0.4 is 4.90 Å². The number of aldehydes is 1. The molecule has 2 N–H and O–H groups in total. The van der Waals surface area contributed by atoms with Crippen LogP contribution in [0.1, 0.15) is 10.4 Å². The summed E-state index contributed by atoms with van der Waals surface area (Å²) in [5, 5.41) is 17.8. The molecule has 0 saturated carbocycles. The molecule has 0 aliphatic heterocycles. The average molecular weight is 336 g/mol. The number of hydrogen-bond donors (Lipinski definition) is 2. The molecule has 1 aromatic rings. The van der Waals surface area contributed by atoms with Gasteiger partial charge in [0.05, 0.1) is 18.8 Å². The number of pyridine rings is 1. The highest BCUT2D eigenvalue weighted by atomic mass is 127. The Morgan fingerprint density at radius 1 is 1.38 bits per heavy atom. The first-order valence-corrected chi connectivity index (χ1v) is 5.88. The molecule has 0 aliphatic rings. The second-order valence-electron chi connectivity index (χ2n) is 3.08. The number of aromatic nitrogens is 1. The van der Waals surface area contributed by atoms with Gasteiger partial charge in [-0.15, -0.1) is 0 Å². The normalized spacial score (nSPS) is 10.2. The summed E-state index contributed by atoms with van der Waals surface area (Å²) < 4.78 is 0.804. The van der Waals surface area contributed by atoms with Gasteiger partial charge < -0.3 is 15.1 Å². The van der Waals surface area contributed by atoms with Crippen molar-refractivity contribution in [1.82, 2.24) is 4.98 Å². The zero-order chi connectivity index (χ0) is 12.0. The lowest BCUT2D eigenvalue weighted by Crippen LogP contribution is -2.31. The summed E-state index contributed by atoms with van der Waals surface area (Å²) in [6.45, 7) is 0.583. The minimum atomic E-state index is -0.0501. The molecular formula is C10H13IN2O3. The molecule has 88 valence electrons.